The molecule has 0 atom stereocenters. The van der Waals surface area contributed by atoms with E-state index >= 15 is 0 Å². The van der Waals surface area contributed by atoms with Crippen molar-refractivity contribution in [3.8, 4) is 0 Å². The molecule has 0 heterocycles. The van der Waals surface area contributed by atoms with Gasteiger partial charge in [-0.25, -0.2) is 0 Å². The van der Waals surface area contributed by atoms with Crippen molar-refractivity contribution in [1.29, 1.82) is 0 Å². The first-order valence-corrected chi connectivity index (χ1v) is 6.23. The van der Waals surface area contributed by atoms with Gasteiger partial charge in [0.05, 0.1) is 6.54 Å². The van der Waals surface area contributed by atoms with Gasteiger partial charge in [-0.2, -0.15) is 0 Å². The molecule has 100 valence electrons. The standard InChI is InChI=1S/C15H23NO2/c1-12-8-6-7-9-13(12)10-16(5)11-14(17)18-15(2,3)4/h6-9H,10-11H2,1-5H3. The fourth-order valence-corrected chi connectivity index (χ4v) is 1.73. The summed E-state index contributed by atoms with van der Waals surface area (Å²) in [5.41, 5.74) is 2.07. The Morgan fingerprint density at radius 3 is 2.44 bits per heavy atom. The molecule has 1 rings (SSSR count). The molecular weight excluding hydrogens is 226 g/mol. The molecule has 3 heteroatoms. The molecule has 3 nitrogen and oxygen atoms in total. The third kappa shape index (κ3) is 5.32. The van der Waals surface area contributed by atoms with Crippen molar-refractivity contribution in [2.75, 3.05) is 13.6 Å². The van der Waals surface area contributed by atoms with Crippen LogP contribution in [0.3, 0.4) is 0 Å². The van der Waals surface area contributed by atoms with E-state index in [2.05, 4.69) is 19.1 Å². The molecule has 0 N–H and O–H groups in total. The highest BCUT2D eigenvalue weighted by Crippen LogP contribution is 2.11. The van der Waals surface area contributed by atoms with Crippen LogP contribution in [-0.2, 0) is 16.1 Å². The molecule has 0 bridgehead atoms. The summed E-state index contributed by atoms with van der Waals surface area (Å²) in [5, 5.41) is 0. The van der Waals surface area contributed by atoms with E-state index in [1.165, 1.54) is 11.1 Å². The zero-order chi connectivity index (χ0) is 13.8. The molecular formula is C15H23NO2. The van der Waals surface area contributed by atoms with Crippen LogP contribution >= 0.6 is 0 Å². The smallest absolute Gasteiger partial charge is 0.320 e. The predicted octanol–water partition coefficient (Wildman–Crippen LogP) is 2.77. The van der Waals surface area contributed by atoms with E-state index in [1.54, 1.807) is 0 Å². The number of likely N-dealkylation sites (N-methyl/N-ethyl adjacent to an activating group) is 1. The summed E-state index contributed by atoms with van der Waals surface area (Å²) in [4.78, 5) is 13.6. The van der Waals surface area contributed by atoms with Crippen molar-refractivity contribution in [3.63, 3.8) is 0 Å². The van der Waals surface area contributed by atoms with Gasteiger partial charge in [0.2, 0.25) is 0 Å². The molecule has 0 unspecified atom stereocenters. The predicted molar refractivity (Wildman–Crippen MR) is 73.4 cm³/mol. The summed E-state index contributed by atoms with van der Waals surface area (Å²) >= 11 is 0. The number of esters is 1. The molecule has 0 saturated carbocycles. The number of carbonyl (C=O) groups is 1. The lowest BCUT2D eigenvalue weighted by Crippen LogP contribution is -2.32. The van der Waals surface area contributed by atoms with Crippen LogP contribution in [0.5, 0.6) is 0 Å². The van der Waals surface area contributed by atoms with Crippen molar-refractivity contribution in [2.24, 2.45) is 0 Å². The second kappa shape index (κ2) is 6.01. The molecule has 18 heavy (non-hydrogen) atoms. The van der Waals surface area contributed by atoms with E-state index in [0.717, 1.165) is 6.54 Å². The van der Waals surface area contributed by atoms with E-state index in [-0.39, 0.29) is 5.97 Å². The average molecular weight is 249 g/mol. The van der Waals surface area contributed by atoms with Crippen LogP contribution in [0.1, 0.15) is 31.9 Å². The average Bonchev–Trinajstić information content (AvgIpc) is 2.18. The third-order valence-electron chi connectivity index (χ3n) is 2.52. The highest BCUT2D eigenvalue weighted by Gasteiger charge is 2.17. The number of hydrogen-bond acceptors (Lipinski definition) is 3. The number of rotatable bonds is 4. The maximum absolute atomic E-state index is 11.7. The lowest BCUT2D eigenvalue weighted by Gasteiger charge is -2.22. The molecule has 0 radical (unpaired) electrons. The summed E-state index contributed by atoms with van der Waals surface area (Å²) < 4.78 is 5.30. The molecule has 0 aromatic heterocycles. The first-order chi connectivity index (χ1) is 8.28. The van der Waals surface area contributed by atoms with Crippen LogP contribution in [0.2, 0.25) is 0 Å². The number of nitrogens with zero attached hydrogens (tertiary/aromatic N) is 1. The first kappa shape index (κ1) is 14.7. The van der Waals surface area contributed by atoms with E-state index < -0.39 is 5.60 Å². The van der Waals surface area contributed by atoms with Crippen molar-refractivity contribution in [1.82, 2.24) is 4.90 Å². The molecule has 0 aliphatic heterocycles. The number of ether oxygens (including phenoxy) is 1. The fourth-order valence-electron chi connectivity index (χ4n) is 1.73. The zero-order valence-electron chi connectivity index (χ0n) is 12.0. The highest BCUT2D eigenvalue weighted by molar-refractivity contribution is 5.72. The lowest BCUT2D eigenvalue weighted by atomic mass is 10.1. The van der Waals surface area contributed by atoms with Crippen LogP contribution in [0, 0.1) is 6.92 Å². The Labute approximate surface area is 110 Å². The summed E-state index contributed by atoms with van der Waals surface area (Å²) in [6.45, 7) is 8.79. The fraction of sp³-hybridized carbons (Fsp3) is 0.533. The molecule has 0 fully saturated rings. The zero-order valence-corrected chi connectivity index (χ0v) is 12.0. The van der Waals surface area contributed by atoms with Crippen molar-refractivity contribution in [3.05, 3.63) is 35.4 Å². The summed E-state index contributed by atoms with van der Waals surface area (Å²) in [6.07, 6.45) is 0. The van der Waals surface area contributed by atoms with Gasteiger partial charge in [0.15, 0.2) is 0 Å². The third-order valence-corrected chi connectivity index (χ3v) is 2.52. The van der Waals surface area contributed by atoms with Gasteiger partial charge in [0.1, 0.15) is 5.60 Å². The Morgan fingerprint density at radius 2 is 1.89 bits per heavy atom. The van der Waals surface area contributed by atoms with Gasteiger partial charge in [-0.1, -0.05) is 24.3 Å². The Morgan fingerprint density at radius 1 is 1.28 bits per heavy atom. The van der Waals surface area contributed by atoms with Gasteiger partial charge in [0.25, 0.3) is 0 Å². The summed E-state index contributed by atoms with van der Waals surface area (Å²) in [7, 11) is 1.93. The summed E-state index contributed by atoms with van der Waals surface area (Å²) in [5.74, 6) is -0.182. The van der Waals surface area contributed by atoms with E-state index in [4.69, 9.17) is 4.74 Å². The molecule has 0 amide bonds. The number of hydrogen-bond donors (Lipinski definition) is 0. The van der Waals surface area contributed by atoms with Crippen LogP contribution in [-0.4, -0.2) is 30.1 Å². The Balaban J connectivity index is 2.50. The second-order valence-corrected chi connectivity index (χ2v) is 5.69. The number of carbonyl (C=O) groups excluding carboxylic acids is 1. The highest BCUT2D eigenvalue weighted by atomic mass is 16.6. The van der Waals surface area contributed by atoms with Crippen molar-refractivity contribution < 1.29 is 9.53 Å². The summed E-state index contributed by atoms with van der Waals surface area (Å²) in [6, 6.07) is 8.20. The Hall–Kier alpha value is -1.35. The van der Waals surface area contributed by atoms with Gasteiger partial charge in [-0.05, 0) is 45.9 Å². The topological polar surface area (TPSA) is 29.5 Å². The lowest BCUT2D eigenvalue weighted by molar-refractivity contribution is -0.155. The van der Waals surface area contributed by atoms with E-state index in [1.807, 2.05) is 44.9 Å². The van der Waals surface area contributed by atoms with E-state index in [0.29, 0.717) is 6.54 Å². The molecule has 1 aromatic carbocycles. The van der Waals surface area contributed by atoms with E-state index in [9.17, 15) is 4.79 Å². The van der Waals surface area contributed by atoms with Crippen molar-refractivity contribution >= 4 is 5.97 Å². The molecule has 0 aliphatic carbocycles. The van der Waals surface area contributed by atoms with Crippen LogP contribution in [0.4, 0.5) is 0 Å². The van der Waals surface area contributed by atoms with Gasteiger partial charge in [-0.15, -0.1) is 0 Å². The minimum absolute atomic E-state index is 0.182. The quantitative estimate of drug-likeness (QED) is 0.768. The van der Waals surface area contributed by atoms with Crippen LogP contribution in [0.15, 0.2) is 24.3 Å². The minimum atomic E-state index is -0.416. The Kier molecular flexibility index (Phi) is 4.91. The van der Waals surface area contributed by atoms with Crippen LogP contribution < -0.4 is 0 Å². The first-order valence-electron chi connectivity index (χ1n) is 6.23. The molecule has 1 aromatic rings. The largest absolute Gasteiger partial charge is 0.459 e. The van der Waals surface area contributed by atoms with Gasteiger partial charge in [0, 0.05) is 6.54 Å². The Bertz CT molecular complexity index is 407. The van der Waals surface area contributed by atoms with Crippen LogP contribution in [0.25, 0.3) is 0 Å². The maximum Gasteiger partial charge on any atom is 0.320 e. The van der Waals surface area contributed by atoms with Gasteiger partial charge < -0.3 is 4.74 Å². The molecule has 0 saturated heterocycles. The number of benzene rings is 1. The minimum Gasteiger partial charge on any atom is -0.459 e. The SMILES string of the molecule is Cc1ccccc1CN(C)CC(=O)OC(C)(C)C. The molecule has 0 aliphatic rings. The monoisotopic (exact) mass is 249 g/mol. The second-order valence-electron chi connectivity index (χ2n) is 5.69. The maximum atomic E-state index is 11.7. The van der Waals surface area contributed by atoms with Gasteiger partial charge >= 0.3 is 5.97 Å². The van der Waals surface area contributed by atoms with Crippen molar-refractivity contribution in [2.45, 2.75) is 39.8 Å². The molecule has 0 spiro atoms. The number of aryl methyl sites for hydroxylation is 1. The normalized spacial score (nSPS) is 11.7. The van der Waals surface area contributed by atoms with Gasteiger partial charge in [-0.3, -0.25) is 9.69 Å².